The molecule has 5 heteroatoms. The molecule has 0 amide bonds. The SMILES string of the molecule is Oc1cccc(C=C(Cl)c2nc3ccc(Br)cc3[nH]2)c1. The molecule has 2 aromatic carbocycles. The van der Waals surface area contributed by atoms with Crippen molar-refractivity contribution >= 4 is 49.7 Å². The number of phenols is 1. The number of aromatic nitrogens is 2. The Hall–Kier alpha value is -1.78. The molecule has 0 radical (unpaired) electrons. The second-order valence-corrected chi connectivity index (χ2v) is 5.66. The molecule has 0 atom stereocenters. The molecule has 0 saturated carbocycles. The summed E-state index contributed by atoms with van der Waals surface area (Å²) in [7, 11) is 0. The van der Waals surface area contributed by atoms with Gasteiger partial charge in [-0.25, -0.2) is 4.98 Å². The van der Waals surface area contributed by atoms with E-state index in [4.69, 9.17) is 11.6 Å². The molecule has 0 aliphatic heterocycles. The molecule has 0 unspecified atom stereocenters. The van der Waals surface area contributed by atoms with Crippen LogP contribution in [0.15, 0.2) is 46.9 Å². The molecule has 1 aromatic heterocycles. The molecular weight excluding hydrogens is 340 g/mol. The number of H-pyrrole nitrogens is 1. The summed E-state index contributed by atoms with van der Waals surface area (Å²) < 4.78 is 0.980. The van der Waals surface area contributed by atoms with Crippen LogP contribution < -0.4 is 0 Å². The summed E-state index contributed by atoms with van der Waals surface area (Å²) in [6, 6.07) is 12.7. The quantitative estimate of drug-likeness (QED) is 0.700. The molecule has 3 aromatic rings. The molecule has 0 saturated heterocycles. The van der Waals surface area contributed by atoms with Gasteiger partial charge in [-0.3, -0.25) is 0 Å². The largest absolute Gasteiger partial charge is 0.508 e. The molecule has 20 heavy (non-hydrogen) atoms. The average molecular weight is 350 g/mol. The lowest BCUT2D eigenvalue weighted by molar-refractivity contribution is 0.475. The van der Waals surface area contributed by atoms with E-state index < -0.39 is 0 Å². The Balaban J connectivity index is 2.01. The first-order valence-electron chi connectivity index (χ1n) is 5.94. The molecule has 0 aliphatic rings. The summed E-state index contributed by atoms with van der Waals surface area (Å²) in [6.07, 6.45) is 1.76. The first-order chi connectivity index (χ1) is 9.61. The summed E-state index contributed by atoms with van der Waals surface area (Å²) in [6.45, 7) is 0. The number of phenolic OH excluding ortho intramolecular Hbond substituents is 1. The Labute approximate surface area is 129 Å². The highest BCUT2D eigenvalue weighted by Gasteiger charge is 2.06. The van der Waals surface area contributed by atoms with E-state index in [2.05, 4.69) is 25.9 Å². The topological polar surface area (TPSA) is 48.9 Å². The van der Waals surface area contributed by atoms with Crippen LogP contribution in [0.25, 0.3) is 22.1 Å². The Morgan fingerprint density at radius 1 is 1.25 bits per heavy atom. The van der Waals surface area contributed by atoms with E-state index in [9.17, 15) is 5.11 Å². The summed E-state index contributed by atoms with van der Waals surface area (Å²) in [4.78, 5) is 7.60. The van der Waals surface area contributed by atoms with Gasteiger partial charge in [0.2, 0.25) is 0 Å². The lowest BCUT2D eigenvalue weighted by Crippen LogP contribution is -1.80. The molecule has 3 rings (SSSR count). The van der Waals surface area contributed by atoms with E-state index in [-0.39, 0.29) is 5.75 Å². The van der Waals surface area contributed by atoms with Gasteiger partial charge in [-0.05, 0) is 42.0 Å². The molecule has 0 aliphatic carbocycles. The highest BCUT2D eigenvalue weighted by molar-refractivity contribution is 9.10. The fourth-order valence-corrected chi connectivity index (χ4v) is 2.50. The number of nitrogens with zero attached hydrogens (tertiary/aromatic N) is 1. The Bertz CT molecular complexity index is 810. The Morgan fingerprint density at radius 3 is 2.90 bits per heavy atom. The van der Waals surface area contributed by atoms with Crippen LogP contribution in [0.2, 0.25) is 0 Å². The summed E-state index contributed by atoms with van der Waals surface area (Å²) >= 11 is 9.70. The minimum absolute atomic E-state index is 0.205. The van der Waals surface area contributed by atoms with Crippen LogP contribution in [0.5, 0.6) is 5.75 Å². The maximum Gasteiger partial charge on any atom is 0.150 e. The second kappa shape index (κ2) is 5.31. The third-order valence-corrected chi connectivity index (χ3v) is 3.62. The van der Waals surface area contributed by atoms with Gasteiger partial charge in [-0.2, -0.15) is 0 Å². The zero-order valence-electron chi connectivity index (χ0n) is 10.3. The van der Waals surface area contributed by atoms with Crippen molar-refractivity contribution in [3.63, 3.8) is 0 Å². The lowest BCUT2D eigenvalue weighted by atomic mass is 10.2. The maximum absolute atomic E-state index is 9.44. The van der Waals surface area contributed by atoms with Gasteiger partial charge >= 0.3 is 0 Å². The molecule has 1 heterocycles. The van der Waals surface area contributed by atoms with Crippen molar-refractivity contribution < 1.29 is 5.11 Å². The van der Waals surface area contributed by atoms with E-state index in [1.54, 1.807) is 24.3 Å². The predicted molar refractivity (Wildman–Crippen MR) is 85.6 cm³/mol. The number of fused-ring (bicyclic) bond motifs is 1. The van der Waals surface area contributed by atoms with Gasteiger partial charge in [-0.1, -0.05) is 39.7 Å². The van der Waals surface area contributed by atoms with Crippen molar-refractivity contribution in [3.8, 4) is 5.75 Å². The number of benzene rings is 2. The van der Waals surface area contributed by atoms with Crippen molar-refractivity contribution in [2.45, 2.75) is 0 Å². The summed E-state index contributed by atoms with van der Waals surface area (Å²) in [5.74, 6) is 0.805. The van der Waals surface area contributed by atoms with Crippen molar-refractivity contribution in [1.82, 2.24) is 9.97 Å². The van der Waals surface area contributed by atoms with Crippen LogP contribution in [-0.4, -0.2) is 15.1 Å². The highest BCUT2D eigenvalue weighted by atomic mass is 79.9. The van der Waals surface area contributed by atoms with Gasteiger partial charge in [0.05, 0.1) is 16.1 Å². The van der Waals surface area contributed by atoms with Crippen LogP contribution in [0, 0.1) is 0 Å². The van der Waals surface area contributed by atoms with Gasteiger partial charge in [-0.15, -0.1) is 0 Å². The Kier molecular flexibility index (Phi) is 3.51. The normalized spacial score (nSPS) is 12.0. The smallest absolute Gasteiger partial charge is 0.150 e. The molecule has 0 spiro atoms. The number of aromatic amines is 1. The molecular formula is C15H10BrClN2O. The van der Waals surface area contributed by atoms with Gasteiger partial charge in [0.15, 0.2) is 0 Å². The van der Waals surface area contributed by atoms with Crippen molar-refractivity contribution in [2.24, 2.45) is 0 Å². The molecule has 0 bridgehead atoms. The van der Waals surface area contributed by atoms with Crippen LogP contribution in [0.1, 0.15) is 11.4 Å². The number of hydrogen-bond donors (Lipinski definition) is 2. The lowest BCUT2D eigenvalue weighted by Gasteiger charge is -1.97. The van der Waals surface area contributed by atoms with Gasteiger partial charge < -0.3 is 10.1 Å². The summed E-state index contributed by atoms with van der Waals surface area (Å²) in [5, 5.41) is 9.93. The zero-order chi connectivity index (χ0) is 14.1. The van der Waals surface area contributed by atoms with Crippen LogP contribution in [0.3, 0.4) is 0 Å². The van der Waals surface area contributed by atoms with Crippen molar-refractivity contribution in [3.05, 3.63) is 58.3 Å². The van der Waals surface area contributed by atoms with E-state index in [1.165, 1.54) is 0 Å². The van der Waals surface area contributed by atoms with Crippen molar-refractivity contribution in [1.29, 1.82) is 0 Å². The first-order valence-corrected chi connectivity index (χ1v) is 7.11. The Morgan fingerprint density at radius 2 is 2.10 bits per heavy atom. The van der Waals surface area contributed by atoms with E-state index in [0.29, 0.717) is 10.9 Å². The van der Waals surface area contributed by atoms with Crippen molar-refractivity contribution in [2.75, 3.05) is 0 Å². The van der Waals surface area contributed by atoms with E-state index >= 15 is 0 Å². The molecule has 2 N–H and O–H groups in total. The number of aromatic hydroxyl groups is 1. The number of hydrogen-bond acceptors (Lipinski definition) is 2. The average Bonchev–Trinajstić information content (AvgIpc) is 2.81. The number of nitrogens with one attached hydrogen (secondary N) is 1. The monoisotopic (exact) mass is 348 g/mol. The van der Waals surface area contributed by atoms with Crippen LogP contribution >= 0.6 is 27.5 Å². The van der Waals surface area contributed by atoms with Crippen LogP contribution in [-0.2, 0) is 0 Å². The number of imidazole rings is 1. The zero-order valence-corrected chi connectivity index (χ0v) is 12.6. The molecule has 3 nitrogen and oxygen atoms in total. The van der Waals surface area contributed by atoms with Crippen LogP contribution in [0.4, 0.5) is 0 Å². The first kappa shape index (κ1) is 13.2. The third-order valence-electron chi connectivity index (χ3n) is 2.83. The second-order valence-electron chi connectivity index (χ2n) is 4.33. The molecule has 0 fully saturated rings. The minimum atomic E-state index is 0.205. The summed E-state index contributed by atoms with van der Waals surface area (Å²) in [5.41, 5.74) is 2.58. The van der Waals surface area contributed by atoms with Gasteiger partial charge in [0, 0.05) is 4.47 Å². The highest BCUT2D eigenvalue weighted by Crippen LogP contribution is 2.25. The standard InChI is InChI=1S/C15H10BrClN2O/c16-10-4-5-13-14(8-10)19-15(18-13)12(17)7-9-2-1-3-11(20)6-9/h1-8,20H,(H,18,19). The predicted octanol–water partition coefficient (Wildman–Crippen LogP) is 4.77. The number of halogens is 2. The van der Waals surface area contributed by atoms with Gasteiger partial charge in [0.1, 0.15) is 11.6 Å². The minimum Gasteiger partial charge on any atom is -0.508 e. The maximum atomic E-state index is 9.44. The fourth-order valence-electron chi connectivity index (χ4n) is 1.92. The number of rotatable bonds is 2. The fraction of sp³-hybridized carbons (Fsp3) is 0. The third kappa shape index (κ3) is 2.71. The van der Waals surface area contributed by atoms with E-state index in [0.717, 1.165) is 21.1 Å². The molecule has 100 valence electrons. The van der Waals surface area contributed by atoms with Gasteiger partial charge in [0.25, 0.3) is 0 Å². The van der Waals surface area contributed by atoms with E-state index in [1.807, 2.05) is 24.3 Å².